The zero-order valence-electron chi connectivity index (χ0n) is 19.5. The van der Waals surface area contributed by atoms with Crippen LogP contribution in [0.2, 0.25) is 18.1 Å². The topological polar surface area (TPSA) is 38.8 Å². The van der Waals surface area contributed by atoms with Gasteiger partial charge in [0, 0.05) is 13.2 Å². The molecule has 0 aromatic heterocycles. The third kappa shape index (κ3) is 4.34. The van der Waals surface area contributed by atoms with Crippen molar-refractivity contribution in [2.24, 2.45) is 23.2 Å². The summed E-state index contributed by atoms with van der Waals surface area (Å²) in [4.78, 5) is 17.2. The number of hydrogen-bond donors (Lipinski definition) is 0. The fraction of sp³-hybridized carbons (Fsp3) is 0.955. The molecule has 28 heavy (non-hydrogen) atoms. The van der Waals surface area contributed by atoms with Crippen LogP contribution >= 0.6 is 0 Å². The molecule has 4 nitrogen and oxygen atoms in total. The van der Waals surface area contributed by atoms with Gasteiger partial charge >= 0.3 is 0 Å². The lowest BCUT2D eigenvalue weighted by molar-refractivity contribution is -0.177. The van der Waals surface area contributed by atoms with Crippen molar-refractivity contribution in [3.8, 4) is 0 Å². The average molecular weight is 416 g/mol. The maximum absolute atomic E-state index is 15.0. The summed E-state index contributed by atoms with van der Waals surface area (Å²) in [7, 11) is 1.03. The summed E-state index contributed by atoms with van der Waals surface area (Å²) < 4.78 is 21.9. The van der Waals surface area contributed by atoms with Crippen LogP contribution in [0.4, 0.5) is 4.39 Å². The third-order valence-corrected chi connectivity index (χ3v) is 12.8. The second-order valence-corrected chi connectivity index (χ2v) is 15.6. The van der Waals surface area contributed by atoms with Crippen LogP contribution in [0.15, 0.2) is 0 Å². The lowest BCUT2D eigenvalue weighted by Gasteiger charge is -2.50. The minimum Gasteiger partial charge on any atom is -0.414 e. The van der Waals surface area contributed by atoms with Gasteiger partial charge < -0.3 is 4.43 Å². The van der Waals surface area contributed by atoms with Crippen LogP contribution < -0.4 is 0 Å². The number of fused-ring (bicyclic) bond motifs is 1. The Morgan fingerprint density at radius 1 is 1.25 bits per heavy atom. The van der Waals surface area contributed by atoms with Crippen LogP contribution in [0.3, 0.4) is 0 Å². The van der Waals surface area contributed by atoms with Crippen molar-refractivity contribution < 1.29 is 18.4 Å². The maximum atomic E-state index is 15.0. The molecule has 0 bridgehead atoms. The van der Waals surface area contributed by atoms with E-state index in [4.69, 9.17) is 9.26 Å². The summed E-state index contributed by atoms with van der Waals surface area (Å²) in [5.74, 6) is -0.226. The number of nitrogens with zero attached hydrogens (tertiary/aromatic N) is 1. The molecule has 0 N–H and O–H groups in total. The zero-order valence-corrected chi connectivity index (χ0v) is 20.5. The smallest absolute Gasteiger partial charge is 0.280 e. The van der Waals surface area contributed by atoms with Gasteiger partial charge in [-0.15, -0.1) is 0 Å². The zero-order chi connectivity index (χ0) is 21.5. The van der Waals surface area contributed by atoms with E-state index in [1.807, 2.05) is 6.92 Å². The van der Waals surface area contributed by atoms with Gasteiger partial charge in [0.15, 0.2) is 14.5 Å². The van der Waals surface area contributed by atoms with Gasteiger partial charge in [0.1, 0.15) is 0 Å². The molecular formula is C22H42FNO3Si. The van der Waals surface area contributed by atoms with E-state index in [9.17, 15) is 4.79 Å². The van der Waals surface area contributed by atoms with Gasteiger partial charge in [-0.05, 0) is 67.0 Å². The van der Waals surface area contributed by atoms with Crippen molar-refractivity contribution in [2.45, 2.75) is 97.1 Å². The Kier molecular flexibility index (Phi) is 7.10. The molecule has 0 radical (unpaired) electrons. The Hall–Kier alpha value is -0.463. The van der Waals surface area contributed by atoms with Gasteiger partial charge in [-0.1, -0.05) is 41.0 Å². The average Bonchev–Trinajstić information content (AvgIpc) is 2.95. The maximum Gasteiger partial charge on any atom is 0.280 e. The molecule has 2 rings (SSSR count). The molecule has 1 amide bonds. The molecular weight excluding hydrogens is 373 g/mol. The molecule has 6 atom stereocenters. The van der Waals surface area contributed by atoms with E-state index in [0.717, 1.165) is 37.2 Å². The molecule has 0 aromatic carbocycles. The van der Waals surface area contributed by atoms with Crippen LogP contribution in [0.1, 0.15) is 66.7 Å². The predicted octanol–water partition coefficient (Wildman–Crippen LogP) is 5.59. The van der Waals surface area contributed by atoms with Crippen LogP contribution in [-0.4, -0.2) is 45.7 Å². The van der Waals surface area contributed by atoms with Crippen molar-refractivity contribution in [3.05, 3.63) is 0 Å². The number of halogens is 1. The van der Waals surface area contributed by atoms with Gasteiger partial charge in [-0.3, -0.25) is 9.63 Å². The fourth-order valence-electron chi connectivity index (χ4n) is 5.41. The Balaban J connectivity index is 2.18. The first kappa shape index (κ1) is 23.8. The Morgan fingerprint density at radius 3 is 2.39 bits per heavy atom. The van der Waals surface area contributed by atoms with E-state index >= 15 is 4.39 Å². The van der Waals surface area contributed by atoms with Gasteiger partial charge in [-0.25, -0.2) is 9.45 Å². The molecule has 0 heterocycles. The highest BCUT2D eigenvalue weighted by atomic mass is 28.4. The largest absolute Gasteiger partial charge is 0.414 e. The highest BCUT2D eigenvalue weighted by Gasteiger charge is 2.56. The number of hydroxylamine groups is 2. The number of carbonyl (C=O) groups is 1. The van der Waals surface area contributed by atoms with Crippen molar-refractivity contribution in [1.29, 1.82) is 0 Å². The van der Waals surface area contributed by atoms with E-state index in [2.05, 4.69) is 40.8 Å². The first-order chi connectivity index (χ1) is 12.8. The second kappa shape index (κ2) is 8.35. The summed E-state index contributed by atoms with van der Waals surface area (Å²) in [5, 5.41) is 1.20. The molecule has 164 valence electrons. The van der Waals surface area contributed by atoms with E-state index in [0.29, 0.717) is 5.92 Å². The quantitative estimate of drug-likeness (QED) is 0.419. The molecule has 0 aliphatic heterocycles. The normalized spacial score (nSPS) is 33.3. The molecule has 0 spiro atoms. The summed E-state index contributed by atoms with van der Waals surface area (Å²) in [6.45, 7) is 15.7. The number of rotatable bonds is 6. The molecule has 0 aromatic rings. The first-order valence-corrected chi connectivity index (χ1v) is 13.8. The third-order valence-electron chi connectivity index (χ3n) is 8.30. The minimum atomic E-state index is -1.85. The van der Waals surface area contributed by atoms with Gasteiger partial charge in [0.2, 0.25) is 0 Å². The fourth-order valence-corrected chi connectivity index (χ4v) is 6.81. The number of alkyl halides is 1. The van der Waals surface area contributed by atoms with E-state index in [1.165, 1.54) is 14.2 Å². The van der Waals surface area contributed by atoms with E-state index < -0.39 is 20.4 Å². The van der Waals surface area contributed by atoms with Crippen LogP contribution in [0.5, 0.6) is 0 Å². The van der Waals surface area contributed by atoms with Crippen molar-refractivity contribution >= 4 is 14.2 Å². The number of amides is 1. The molecule has 2 fully saturated rings. The van der Waals surface area contributed by atoms with Crippen LogP contribution in [-0.2, 0) is 14.1 Å². The SMILES string of the molecule is CON(C)C(=O)[C@@H](F)[C@@H](C)[C@H]1CC[C@H]2[C@@H](O[Si](C)(C)C(C)(C)C)CCC[C@]12C. The second-order valence-electron chi connectivity index (χ2n) is 10.9. The summed E-state index contributed by atoms with van der Waals surface area (Å²) in [6.07, 6.45) is 4.14. The first-order valence-electron chi connectivity index (χ1n) is 10.9. The van der Waals surface area contributed by atoms with E-state index in [-0.39, 0.29) is 28.4 Å². The molecule has 0 saturated heterocycles. The lowest BCUT2D eigenvalue weighted by atomic mass is 9.61. The number of hydrogen-bond acceptors (Lipinski definition) is 3. The van der Waals surface area contributed by atoms with E-state index in [1.54, 1.807) is 0 Å². The standard InChI is InChI=1S/C22H42FNO3Si/c1-15(19(23)20(25)24(6)26-7)16-12-13-17-18(11-10-14-22(16,17)5)27-28(8,9)21(2,3)4/h15-19H,10-14H2,1-9H3/t15-,16+,17-,18-,19-,22+/m0/s1. The summed E-state index contributed by atoms with van der Waals surface area (Å²) >= 11 is 0. The molecule has 2 aliphatic rings. The van der Waals surface area contributed by atoms with Gasteiger partial charge in [-0.2, -0.15) is 0 Å². The predicted molar refractivity (Wildman–Crippen MR) is 114 cm³/mol. The van der Waals surface area contributed by atoms with Gasteiger partial charge in [0.25, 0.3) is 5.91 Å². The highest BCUT2D eigenvalue weighted by molar-refractivity contribution is 6.74. The van der Waals surface area contributed by atoms with Crippen LogP contribution in [0, 0.1) is 23.2 Å². The lowest BCUT2D eigenvalue weighted by Crippen LogP contribution is -2.51. The molecule has 2 aliphatic carbocycles. The molecule has 6 heteroatoms. The number of carbonyl (C=O) groups excluding carboxylic acids is 1. The summed E-state index contributed by atoms with van der Waals surface area (Å²) in [5.41, 5.74) is 0.0426. The van der Waals surface area contributed by atoms with Crippen molar-refractivity contribution in [1.82, 2.24) is 5.06 Å². The van der Waals surface area contributed by atoms with Crippen molar-refractivity contribution in [3.63, 3.8) is 0 Å². The monoisotopic (exact) mass is 415 g/mol. The Labute approximate surface area is 172 Å². The van der Waals surface area contributed by atoms with Crippen LogP contribution in [0.25, 0.3) is 0 Å². The Bertz CT molecular complexity index is 564. The van der Waals surface area contributed by atoms with Gasteiger partial charge in [0.05, 0.1) is 7.11 Å². The van der Waals surface area contributed by atoms with Crippen molar-refractivity contribution in [2.75, 3.05) is 14.2 Å². The highest BCUT2D eigenvalue weighted by Crippen LogP contribution is 2.59. The summed E-state index contributed by atoms with van der Waals surface area (Å²) in [6, 6.07) is 0. The molecule has 0 unspecified atom stereocenters. The minimum absolute atomic E-state index is 0.0426. The Morgan fingerprint density at radius 2 is 1.86 bits per heavy atom. The molecule has 2 saturated carbocycles.